The molecule has 0 unspecified atom stereocenters. The fourth-order valence-corrected chi connectivity index (χ4v) is 2.57. The van der Waals surface area contributed by atoms with E-state index in [1.54, 1.807) is 0 Å². The van der Waals surface area contributed by atoms with E-state index in [2.05, 4.69) is 10.6 Å². The predicted octanol–water partition coefficient (Wildman–Crippen LogP) is 2.37. The molecule has 122 valence electrons. The van der Waals surface area contributed by atoms with Crippen molar-refractivity contribution in [3.05, 3.63) is 35.9 Å². The van der Waals surface area contributed by atoms with E-state index < -0.39 is 5.60 Å². The number of aliphatic hydroxyl groups excluding tert-OH is 1. The van der Waals surface area contributed by atoms with Gasteiger partial charge in [0.05, 0.1) is 12.6 Å². The van der Waals surface area contributed by atoms with Crippen molar-refractivity contribution in [3.8, 4) is 0 Å². The van der Waals surface area contributed by atoms with Crippen LogP contribution in [0, 0.1) is 0 Å². The van der Waals surface area contributed by atoms with Crippen molar-refractivity contribution in [1.82, 2.24) is 10.6 Å². The van der Waals surface area contributed by atoms with Crippen LogP contribution in [0.25, 0.3) is 0 Å². The highest BCUT2D eigenvalue weighted by Crippen LogP contribution is 2.24. The zero-order valence-electron chi connectivity index (χ0n) is 13.5. The summed E-state index contributed by atoms with van der Waals surface area (Å²) in [6.07, 6.45) is 1.34. The summed E-state index contributed by atoms with van der Waals surface area (Å²) >= 11 is 0. The topological polar surface area (TPSA) is 70.6 Å². The SMILES string of the molecule is CC(C)(C)OC(=O)NC1CC(N[C@@H](CO)c2ccccc2)C1. The van der Waals surface area contributed by atoms with Gasteiger partial charge >= 0.3 is 6.09 Å². The summed E-state index contributed by atoms with van der Waals surface area (Å²) in [7, 11) is 0. The molecular weight excluding hydrogens is 280 g/mol. The number of aliphatic hydroxyl groups is 1. The van der Waals surface area contributed by atoms with Gasteiger partial charge in [-0.3, -0.25) is 0 Å². The fraction of sp³-hybridized carbons (Fsp3) is 0.588. The predicted molar refractivity (Wildman–Crippen MR) is 85.6 cm³/mol. The van der Waals surface area contributed by atoms with Gasteiger partial charge in [0.15, 0.2) is 0 Å². The van der Waals surface area contributed by atoms with Gasteiger partial charge in [-0.1, -0.05) is 30.3 Å². The van der Waals surface area contributed by atoms with Gasteiger partial charge in [0, 0.05) is 12.1 Å². The van der Waals surface area contributed by atoms with Gasteiger partial charge in [-0.15, -0.1) is 0 Å². The van der Waals surface area contributed by atoms with Crippen LogP contribution in [-0.2, 0) is 4.74 Å². The summed E-state index contributed by atoms with van der Waals surface area (Å²) in [5.74, 6) is 0. The van der Waals surface area contributed by atoms with Crippen LogP contribution < -0.4 is 10.6 Å². The Labute approximate surface area is 132 Å². The van der Waals surface area contributed by atoms with Crippen molar-refractivity contribution in [2.24, 2.45) is 0 Å². The second-order valence-electron chi connectivity index (χ2n) is 6.82. The van der Waals surface area contributed by atoms with E-state index in [1.165, 1.54) is 0 Å². The molecule has 1 aromatic rings. The molecule has 0 spiro atoms. The van der Waals surface area contributed by atoms with E-state index in [9.17, 15) is 9.90 Å². The first-order valence-corrected chi connectivity index (χ1v) is 7.79. The van der Waals surface area contributed by atoms with Gasteiger partial charge in [-0.2, -0.15) is 0 Å². The Balaban J connectivity index is 1.74. The summed E-state index contributed by atoms with van der Waals surface area (Å²) in [4.78, 5) is 11.7. The minimum atomic E-state index is -0.471. The highest BCUT2D eigenvalue weighted by molar-refractivity contribution is 5.68. The largest absolute Gasteiger partial charge is 0.444 e. The minimum absolute atomic E-state index is 0.0602. The molecular formula is C17H26N2O3. The van der Waals surface area contributed by atoms with Gasteiger partial charge in [-0.05, 0) is 39.2 Å². The Bertz CT molecular complexity index is 478. The molecule has 1 aromatic carbocycles. The van der Waals surface area contributed by atoms with Crippen LogP contribution in [0.4, 0.5) is 4.79 Å². The molecule has 0 heterocycles. The molecule has 1 aliphatic rings. The quantitative estimate of drug-likeness (QED) is 0.781. The minimum Gasteiger partial charge on any atom is -0.444 e. The first-order chi connectivity index (χ1) is 10.4. The number of benzene rings is 1. The number of rotatable bonds is 5. The van der Waals surface area contributed by atoms with Gasteiger partial charge in [0.1, 0.15) is 5.60 Å². The van der Waals surface area contributed by atoms with Crippen LogP contribution in [-0.4, -0.2) is 35.5 Å². The first-order valence-electron chi connectivity index (χ1n) is 7.79. The number of alkyl carbamates (subject to hydrolysis) is 1. The molecule has 1 atom stereocenters. The van der Waals surface area contributed by atoms with Crippen molar-refractivity contribution < 1.29 is 14.6 Å². The Kier molecular flexibility index (Phi) is 5.42. The monoisotopic (exact) mass is 306 g/mol. The number of carbonyl (C=O) groups excluding carboxylic acids is 1. The lowest BCUT2D eigenvalue weighted by Gasteiger charge is -2.38. The lowest BCUT2D eigenvalue weighted by atomic mass is 9.86. The molecule has 1 saturated carbocycles. The summed E-state index contributed by atoms with van der Waals surface area (Å²) in [5, 5.41) is 15.8. The fourth-order valence-electron chi connectivity index (χ4n) is 2.57. The van der Waals surface area contributed by atoms with E-state index in [0.717, 1.165) is 18.4 Å². The summed E-state index contributed by atoms with van der Waals surface area (Å²) < 4.78 is 5.24. The zero-order valence-corrected chi connectivity index (χ0v) is 13.5. The van der Waals surface area contributed by atoms with Crippen molar-refractivity contribution in [3.63, 3.8) is 0 Å². The number of amides is 1. The zero-order chi connectivity index (χ0) is 16.2. The highest BCUT2D eigenvalue weighted by Gasteiger charge is 2.32. The van der Waals surface area contributed by atoms with E-state index in [1.807, 2.05) is 51.1 Å². The molecule has 5 heteroatoms. The molecule has 1 fully saturated rings. The molecule has 0 bridgehead atoms. The molecule has 0 radical (unpaired) electrons. The van der Waals surface area contributed by atoms with Crippen molar-refractivity contribution in [2.75, 3.05) is 6.61 Å². The highest BCUT2D eigenvalue weighted by atomic mass is 16.6. The lowest BCUT2D eigenvalue weighted by Crippen LogP contribution is -2.54. The van der Waals surface area contributed by atoms with Crippen LogP contribution in [0.2, 0.25) is 0 Å². The average molecular weight is 306 g/mol. The molecule has 5 nitrogen and oxygen atoms in total. The molecule has 22 heavy (non-hydrogen) atoms. The van der Waals surface area contributed by atoms with Gasteiger partial charge in [0.25, 0.3) is 0 Å². The van der Waals surface area contributed by atoms with Gasteiger partial charge in [0.2, 0.25) is 0 Å². The third-order valence-electron chi connectivity index (χ3n) is 3.68. The smallest absolute Gasteiger partial charge is 0.407 e. The third kappa shape index (κ3) is 5.00. The normalized spacial score (nSPS) is 22.5. The number of hydrogen-bond donors (Lipinski definition) is 3. The second-order valence-corrected chi connectivity index (χ2v) is 6.82. The number of ether oxygens (including phenoxy) is 1. The number of hydrogen-bond acceptors (Lipinski definition) is 4. The molecule has 1 aliphatic carbocycles. The maximum absolute atomic E-state index is 11.7. The second kappa shape index (κ2) is 7.11. The summed E-state index contributed by atoms with van der Waals surface area (Å²) in [5.41, 5.74) is 0.606. The van der Waals surface area contributed by atoms with Crippen LogP contribution >= 0.6 is 0 Å². The molecule has 1 amide bonds. The maximum Gasteiger partial charge on any atom is 0.407 e. The molecule has 0 saturated heterocycles. The van der Waals surface area contributed by atoms with Crippen molar-refractivity contribution in [1.29, 1.82) is 0 Å². The Morgan fingerprint density at radius 3 is 2.45 bits per heavy atom. The van der Waals surface area contributed by atoms with E-state index >= 15 is 0 Å². The third-order valence-corrected chi connectivity index (χ3v) is 3.68. The first kappa shape index (κ1) is 16.8. The Morgan fingerprint density at radius 2 is 1.91 bits per heavy atom. The maximum atomic E-state index is 11.7. The van der Waals surface area contributed by atoms with E-state index in [4.69, 9.17) is 4.74 Å². The van der Waals surface area contributed by atoms with Crippen LogP contribution in [0.15, 0.2) is 30.3 Å². The summed E-state index contributed by atoms with van der Waals surface area (Å²) in [6.45, 7) is 5.61. The Hall–Kier alpha value is -1.59. The molecule has 0 aromatic heterocycles. The van der Waals surface area contributed by atoms with Crippen LogP contribution in [0.3, 0.4) is 0 Å². The lowest BCUT2D eigenvalue weighted by molar-refractivity contribution is 0.0459. The number of carbonyl (C=O) groups is 1. The number of nitrogens with one attached hydrogen (secondary N) is 2. The average Bonchev–Trinajstić information content (AvgIpc) is 2.40. The van der Waals surface area contributed by atoms with E-state index in [0.29, 0.717) is 6.04 Å². The van der Waals surface area contributed by atoms with Crippen molar-refractivity contribution >= 4 is 6.09 Å². The van der Waals surface area contributed by atoms with Crippen LogP contribution in [0.5, 0.6) is 0 Å². The Morgan fingerprint density at radius 1 is 1.27 bits per heavy atom. The molecule has 0 aliphatic heterocycles. The van der Waals surface area contributed by atoms with Crippen molar-refractivity contribution in [2.45, 2.75) is 57.3 Å². The van der Waals surface area contributed by atoms with Gasteiger partial charge < -0.3 is 20.5 Å². The summed E-state index contributed by atoms with van der Waals surface area (Å²) in [6, 6.07) is 10.3. The molecule has 3 N–H and O–H groups in total. The standard InChI is InChI=1S/C17H26N2O3/c1-17(2,3)22-16(21)19-14-9-13(10-14)18-15(11-20)12-7-5-4-6-8-12/h4-8,13-15,18,20H,9-11H2,1-3H3,(H,19,21)/t13?,14?,15-/m0/s1. The van der Waals surface area contributed by atoms with E-state index in [-0.39, 0.29) is 24.8 Å². The van der Waals surface area contributed by atoms with Crippen LogP contribution in [0.1, 0.15) is 45.2 Å². The molecule has 2 rings (SSSR count). The van der Waals surface area contributed by atoms with Gasteiger partial charge in [-0.25, -0.2) is 4.79 Å².